The molecule has 1 saturated heterocycles. The lowest BCUT2D eigenvalue weighted by molar-refractivity contribution is -0.0134. The van der Waals surface area contributed by atoms with E-state index in [0.29, 0.717) is 11.6 Å². The van der Waals surface area contributed by atoms with E-state index in [1.165, 1.54) is 25.8 Å². The summed E-state index contributed by atoms with van der Waals surface area (Å²) in [5.41, 5.74) is 0.346. The Kier molecular flexibility index (Phi) is 4.39. The SMILES string of the molecule is CCN1CCCC1(CC)COC(C)C. The number of hydrogen-bond acceptors (Lipinski definition) is 2. The van der Waals surface area contributed by atoms with Crippen molar-refractivity contribution < 1.29 is 4.74 Å². The summed E-state index contributed by atoms with van der Waals surface area (Å²) < 4.78 is 5.81. The van der Waals surface area contributed by atoms with Gasteiger partial charge in [-0.2, -0.15) is 0 Å². The summed E-state index contributed by atoms with van der Waals surface area (Å²) in [4.78, 5) is 2.59. The van der Waals surface area contributed by atoms with E-state index in [0.717, 1.165) is 13.2 Å². The molecule has 0 aliphatic carbocycles. The van der Waals surface area contributed by atoms with Gasteiger partial charge in [-0.05, 0) is 46.2 Å². The number of likely N-dealkylation sites (tertiary alicyclic amines) is 1. The quantitative estimate of drug-likeness (QED) is 0.675. The van der Waals surface area contributed by atoms with Gasteiger partial charge in [0.15, 0.2) is 0 Å². The molecule has 0 radical (unpaired) electrons. The number of hydrogen-bond donors (Lipinski definition) is 0. The highest BCUT2D eigenvalue weighted by molar-refractivity contribution is 4.94. The van der Waals surface area contributed by atoms with Gasteiger partial charge in [0.25, 0.3) is 0 Å². The van der Waals surface area contributed by atoms with E-state index in [1.54, 1.807) is 0 Å². The van der Waals surface area contributed by atoms with Gasteiger partial charge in [0, 0.05) is 5.54 Å². The van der Waals surface area contributed by atoms with Gasteiger partial charge in [-0.25, -0.2) is 0 Å². The highest BCUT2D eigenvalue weighted by Crippen LogP contribution is 2.32. The molecule has 1 aliphatic rings. The molecule has 0 aromatic rings. The van der Waals surface area contributed by atoms with Crippen molar-refractivity contribution in [3.8, 4) is 0 Å². The largest absolute Gasteiger partial charge is 0.377 e. The minimum absolute atomic E-state index is 0.346. The zero-order valence-corrected chi connectivity index (χ0v) is 10.2. The van der Waals surface area contributed by atoms with Crippen LogP contribution in [0.1, 0.15) is 47.0 Å². The Balaban J connectivity index is 2.55. The second-order valence-corrected chi connectivity index (χ2v) is 4.62. The van der Waals surface area contributed by atoms with E-state index < -0.39 is 0 Å². The van der Waals surface area contributed by atoms with Crippen LogP contribution in [0.3, 0.4) is 0 Å². The Morgan fingerprint density at radius 1 is 1.36 bits per heavy atom. The van der Waals surface area contributed by atoms with Crippen LogP contribution < -0.4 is 0 Å². The van der Waals surface area contributed by atoms with Crippen LogP contribution in [0, 0.1) is 0 Å². The van der Waals surface area contributed by atoms with Crippen LogP contribution in [0.2, 0.25) is 0 Å². The Morgan fingerprint density at radius 3 is 2.57 bits per heavy atom. The molecule has 0 saturated carbocycles. The van der Waals surface area contributed by atoms with Gasteiger partial charge < -0.3 is 4.74 Å². The first-order valence-electron chi connectivity index (χ1n) is 6.01. The fraction of sp³-hybridized carbons (Fsp3) is 1.00. The van der Waals surface area contributed by atoms with Crippen LogP contribution in [-0.2, 0) is 4.74 Å². The summed E-state index contributed by atoms with van der Waals surface area (Å²) in [5.74, 6) is 0. The average molecular weight is 199 g/mol. The predicted molar refractivity (Wildman–Crippen MR) is 60.6 cm³/mol. The highest BCUT2D eigenvalue weighted by atomic mass is 16.5. The Morgan fingerprint density at radius 2 is 2.07 bits per heavy atom. The van der Waals surface area contributed by atoms with Crippen LogP contribution >= 0.6 is 0 Å². The summed E-state index contributed by atoms with van der Waals surface area (Å²) in [5, 5.41) is 0. The lowest BCUT2D eigenvalue weighted by Gasteiger charge is -2.37. The van der Waals surface area contributed by atoms with E-state index >= 15 is 0 Å². The van der Waals surface area contributed by atoms with Crippen LogP contribution in [0.5, 0.6) is 0 Å². The van der Waals surface area contributed by atoms with E-state index in [-0.39, 0.29) is 0 Å². The maximum absolute atomic E-state index is 5.81. The lowest BCUT2D eigenvalue weighted by Crippen LogP contribution is -2.47. The first kappa shape index (κ1) is 12.0. The maximum atomic E-state index is 5.81. The van der Waals surface area contributed by atoms with Gasteiger partial charge >= 0.3 is 0 Å². The predicted octanol–water partition coefficient (Wildman–Crippen LogP) is 2.68. The third kappa shape index (κ3) is 2.48. The molecule has 1 unspecified atom stereocenters. The average Bonchev–Trinajstić information content (AvgIpc) is 2.58. The van der Waals surface area contributed by atoms with Gasteiger partial charge in [0.2, 0.25) is 0 Å². The zero-order valence-electron chi connectivity index (χ0n) is 10.2. The fourth-order valence-electron chi connectivity index (χ4n) is 2.48. The number of likely N-dealkylation sites (N-methyl/N-ethyl adjacent to an activating group) is 1. The van der Waals surface area contributed by atoms with Crippen molar-refractivity contribution in [1.29, 1.82) is 0 Å². The van der Waals surface area contributed by atoms with Gasteiger partial charge in [0.1, 0.15) is 0 Å². The molecular weight excluding hydrogens is 174 g/mol. The fourth-order valence-corrected chi connectivity index (χ4v) is 2.48. The highest BCUT2D eigenvalue weighted by Gasteiger charge is 2.38. The van der Waals surface area contributed by atoms with E-state index in [1.807, 2.05) is 0 Å². The van der Waals surface area contributed by atoms with Crippen molar-refractivity contribution in [1.82, 2.24) is 4.90 Å². The van der Waals surface area contributed by atoms with Crippen LogP contribution in [0.4, 0.5) is 0 Å². The molecule has 0 bridgehead atoms. The van der Waals surface area contributed by atoms with Gasteiger partial charge in [-0.15, -0.1) is 0 Å². The van der Waals surface area contributed by atoms with E-state index in [2.05, 4.69) is 32.6 Å². The first-order chi connectivity index (χ1) is 6.64. The summed E-state index contributed by atoms with van der Waals surface area (Å²) in [6.45, 7) is 12.1. The topological polar surface area (TPSA) is 12.5 Å². The normalized spacial score (nSPS) is 28.9. The summed E-state index contributed by atoms with van der Waals surface area (Å²) in [6, 6.07) is 0. The molecule has 0 amide bonds. The first-order valence-corrected chi connectivity index (χ1v) is 6.01. The number of ether oxygens (including phenoxy) is 1. The Hall–Kier alpha value is -0.0800. The minimum Gasteiger partial charge on any atom is -0.377 e. The van der Waals surface area contributed by atoms with Crippen LogP contribution in [0.15, 0.2) is 0 Å². The monoisotopic (exact) mass is 199 g/mol. The molecule has 84 valence electrons. The molecule has 1 atom stereocenters. The molecule has 1 aliphatic heterocycles. The van der Waals surface area contributed by atoms with Crippen LogP contribution in [0.25, 0.3) is 0 Å². The molecule has 0 aromatic heterocycles. The number of rotatable bonds is 5. The van der Waals surface area contributed by atoms with E-state index in [9.17, 15) is 0 Å². The third-order valence-electron chi connectivity index (χ3n) is 3.47. The third-order valence-corrected chi connectivity index (χ3v) is 3.47. The summed E-state index contributed by atoms with van der Waals surface area (Å²) >= 11 is 0. The molecule has 1 heterocycles. The smallest absolute Gasteiger partial charge is 0.0653 e. The molecule has 0 aromatic carbocycles. The number of nitrogens with zero attached hydrogens (tertiary/aromatic N) is 1. The standard InChI is InChI=1S/C12H25NO/c1-5-12(10-14-11(3)4)8-7-9-13(12)6-2/h11H,5-10H2,1-4H3. The zero-order chi connectivity index (χ0) is 10.6. The van der Waals surface area contributed by atoms with Gasteiger partial charge in [-0.3, -0.25) is 4.90 Å². The second-order valence-electron chi connectivity index (χ2n) is 4.62. The van der Waals surface area contributed by atoms with Gasteiger partial charge in [0.05, 0.1) is 12.7 Å². The van der Waals surface area contributed by atoms with Crippen molar-refractivity contribution in [2.75, 3.05) is 19.7 Å². The molecular formula is C12H25NO. The van der Waals surface area contributed by atoms with Crippen molar-refractivity contribution in [2.45, 2.75) is 58.6 Å². The minimum atomic E-state index is 0.346. The Bertz CT molecular complexity index is 170. The van der Waals surface area contributed by atoms with Crippen molar-refractivity contribution >= 4 is 0 Å². The molecule has 0 N–H and O–H groups in total. The molecule has 2 heteroatoms. The van der Waals surface area contributed by atoms with Gasteiger partial charge in [-0.1, -0.05) is 13.8 Å². The van der Waals surface area contributed by atoms with Crippen molar-refractivity contribution in [3.63, 3.8) is 0 Å². The van der Waals surface area contributed by atoms with Crippen molar-refractivity contribution in [2.24, 2.45) is 0 Å². The molecule has 0 spiro atoms. The summed E-state index contributed by atoms with van der Waals surface area (Å²) in [7, 11) is 0. The second kappa shape index (κ2) is 5.13. The summed E-state index contributed by atoms with van der Waals surface area (Å²) in [6.07, 6.45) is 4.22. The van der Waals surface area contributed by atoms with E-state index in [4.69, 9.17) is 4.74 Å². The Labute approximate surface area is 88.6 Å². The maximum Gasteiger partial charge on any atom is 0.0653 e. The molecule has 1 fully saturated rings. The lowest BCUT2D eigenvalue weighted by atomic mass is 9.94. The molecule has 2 nitrogen and oxygen atoms in total. The molecule has 1 rings (SSSR count). The van der Waals surface area contributed by atoms with Crippen molar-refractivity contribution in [3.05, 3.63) is 0 Å². The van der Waals surface area contributed by atoms with Crippen LogP contribution in [-0.4, -0.2) is 36.2 Å². The molecule has 14 heavy (non-hydrogen) atoms.